The van der Waals surface area contributed by atoms with Gasteiger partial charge in [-0.1, -0.05) is 51.1 Å². The Morgan fingerprint density at radius 1 is 1.12 bits per heavy atom. The van der Waals surface area contributed by atoms with E-state index in [9.17, 15) is 9.59 Å². The van der Waals surface area contributed by atoms with Crippen LogP contribution in [-0.4, -0.2) is 39.5 Å². The summed E-state index contributed by atoms with van der Waals surface area (Å²) in [5.74, 6) is -0.271. The molecule has 0 aliphatic heterocycles. The van der Waals surface area contributed by atoms with Crippen LogP contribution >= 0.6 is 0 Å². The zero-order valence-electron chi connectivity index (χ0n) is 16.7. The second-order valence-corrected chi connectivity index (χ2v) is 12.7. The summed E-state index contributed by atoms with van der Waals surface area (Å²) < 4.78 is 11.2. The molecule has 26 heavy (non-hydrogen) atoms. The summed E-state index contributed by atoms with van der Waals surface area (Å²) in [6.45, 7) is 13.3. The molecule has 146 valence electrons. The molecule has 1 aromatic rings. The largest absolute Gasteiger partial charge is 0.445 e. The van der Waals surface area contributed by atoms with Gasteiger partial charge < -0.3 is 19.8 Å². The van der Waals surface area contributed by atoms with Gasteiger partial charge in [-0.25, -0.2) is 4.79 Å². The number of hydrogen-bond donors (Lipinski definition) is 2. The van der Waals surface area contributed by atoms with Crippen molar-refractivity contribution in [2.24, 2.45) is 0 Å². The summed E-state index contributed by atoms with van der Waals surface area (Å²) in [6.07, 6.45) is -0.695. The maximum absolute atomic E-state index is 11.9. The Kier molecular flexibility index (Phi) is 8.30. The second kappa shape index (κ2) is 9.73. The molecule has 1 aromatic carbocycles. The van der Waals surface area contributed by atoms with Crippen LogP contribution in [0.1, 0.15) is 33.3 Å². The highest BCUT2D eigenvalue weighted by Crippen LogP contribution is 2.37. The van der Waals surface area contributed by atoms with Gasteiger partial charge in [0.25, 0.3) is 0 Å². The third-order valence-corrected chi connectivity index (χ3v) is 9.10. The van der Waals surface area contributed by atoms with E-state index >= 15 is 0 Å². The fraction of sp³-hybridized carbons (Fsp3) is 0.579. The van der Waals surface area contributed by atoms with Gasteiger partial charge in [0.2, 0.25) is 5.91 Å². The summed E-state index contributed by atoms with van der Waals surface area (Å²) in [5.41, 5.74) is 0.892. The van der Waals surface area contributed by atoms with E-state index in [0.717, 1.165) is 5.56 Å². The lowest BCUT2D eigenvalue weighted by Crippen LogP contribution is -2.47. The molecule has 0 fully saturated rings. The molecule has 1 atom stereocenters. The number of hydrogen-bond acceptors (Lipinski definition) is 4. The van der Waals surface area contributed by atoms with Crippen LogP contribution < -0.4 is 10.6 Å². The Labute approximate surface area is 157 Å². The van der Waals surface area contributed by atoms with Crippen molar-refractivity contribution in [3.8, 4) is 0 Å². The summed E-state index contributed by atoms with van der Waals surface area (Å²) in [6, 6.07) is 9.37. The van der Waals surface area contributed by atoms with Crippen molar-refractivity contribution in [2.45, 2.75) is 58.5 Å². The van der Waals surface area contributed by atoms with Gasteiger partial charge in [-0.05, 0) is 30.6 Å². The first-order valence-corrected chi connectivity index (χ1v) is 11.8. The fourth-order valence-corrected chi connectivity index (χ4v) is 3.41. The lowest BCUT2D eigenvalue weighted by Gasteiger charge is -2.38. The SMILES string of the molecule is C[C@H](CNC(=O)CNC(=O)OCc1ccccc1)O[Si](C)(C)C(C)(C)C. The maximum atomic E-state index is 11.9. The highest BCUT2D eigenvalue weighted by Gasteiger charge is 2.38. The third-order valence-electron chi connectivity index (χ3n) is 4.49. The fourth-order valence-electron chi connectivity index (χ4n) is 1.97. The van der Waals surface area contributed by atoms with Gasteiger partial charge in [-0.2, -0.15) is 0 Å². The molecule has 0 saturated heterocycles. The van der Waals surface area contributed by atoms with Crippen molar-refractivity contribution in [3.63, 3.8) is 0 Å². The highest BCUT2D eigenvalue weighted by atomic mass is 28.4. The number of benzene rings is 1. The van der Waals surface area contributed by atoms with Crippen LogP contribution in [0.4, 0.5) is 4.79 Å². The van der Waals surface area contributed by atoms with E-state index in [1.807, 2.05) is 37.3 Å². The van der Waals surface area contributed by atoms with Crippen LogP contribution in [-0.2, 0) is 20.6 Å². The van der Waals surface area contributed by atoms with Crippen molar-refractivity contribution in [3.05, 3.63) is 35.9 Å². The topological polar surface area (TPSA) is 76.7 Å². The molecule has 0 aliphatic rings. The molecule has 0 aromatic heterocycles. The molecule has 7 heteroatoms. The number of carbonyl (C=O) groups excluding carboxylic acids is 2. The smallest absolute Gasteiger partial charge is 0.407 e. The van der Waals surface area contributed by atoms with Crippen molar-refractivity contribution in [2.75, 3.05) is 13.1 Å². The number of rotatable bonds is 8. The van der Waals surface area contributed by atoms with Gasteiger partial charge >= 0.3 is 6.09 Å². The Morgan fingerprint density at radius 3 is 2.31 bits per heavy atom. The summed E-state index contributed by atoms with van der Waals surface area (Å²) >= 11 is 0. The molecular formula is C19H32N2O4Si. The minimum Gasteiger partial charge on any atom is -0.445 e. The first kappa shape index (κ1) is 22.2. The van der Waals surface area contributed by atoms with Crippen LogP contribution in [0.3, 0.4) is 0 Å². The van der Waals surface area contributed by atoms with Gasteiger partial charge in [0.1, 0.15) is 6.61 Å². The van der Waals surface area contributed by atoms with Crippen LogP contribution in [0, 0.1) is 0 Å². The highest BCUT2D eigenvalue weighted by molar-refractivity contribution is 6.74. The minimum atomic E-state index is -1.86. The van der Waals surface area contributed by atoms with E-state index in [0.29, 0.717) is 6.54 Å². The predicted molar refractivity (Wildman–Crippen MR) is 105 cm³/mol. The summed E-state index contributed by atoms with van der Waals surface area (Å²) in [7, 11) is -1.86. The monoisotopic (exact) mass is 380 g/mol. The van der Waals surface area contributed by atoms with Gasteiger partial charge in [0.05, 0.1) is 12.6 Å². The van der Waals surface area contributed by atoms with Crippen LogP contribution in [0.2, 0.25) is 18.1 Å². The minimum absolute atomic E-state index is 0.0788. The Hall–Kier alpha value is -1.86. The zero-order chi connectivity index (χ0) is 19.8. The van der Waals surface area contributed by atoms with Crippen molar-refractivity contribution >= 4 is 20.3 Å². The first-order valence-electron chi connectivity index (χ1n) is 8.90. The molecule has 0 heterocycles. The van der Waals surface area contributed by atoms with E-state index < -0.39 is 14.4 Å². The van der Waals surface area contributed by atoms with Crippen molar-refractivity contribution in [1.29, 1.82) is 0 Å². The van der Waals surface area contributed by atoms with Gasteiger partial charge in [0.15, 0.2) is 8.32 Å². The van der Waals surface area contributed by atoms with Gasteiger partial charge in [0, 0.05) is 6.54 Å². The molecule has 2 amide bonds. The van der Waals surface area contributed by atoms with E-state index in [1.54, 1.807) is 0 Å². The van der Waals surface area contributed by atoms with Crippen molar-refractivity contribution < 1.29 is 18.8 Å². The Balaban J connectivity index is 2.24. The average molecular weight is 381 g/mol. The lowest BCUT2D eigenvalue weighted by atomic mass is 10.2. The standard InChI is InChI=1S/C19H32N2O4Si/c1-15(25-26(5,6)19(2,3)4)12-20-17(22)13-21-18(23)24-14-16-10-8-7-9-11-16/h7-11,15H,12-14H2,1-6H3,(H,20,22)(H,21,23)/t15-/m1/s1. The molecule has 0 aliphatic carbocycles. The van der Waals surface area contributed by atoms with Crippen LogP contribution in [0.25, 0.3) is 0 Å². The molecule has 1 rings (SSSR count). The number of ether oxygens (including phenoxy) is 1. The van der Waals surface area contributed by atoms with E-state index in [-0.39, 0.29) is 30.2 Å². The number of alkyl carbamates (subject to hydrolysis) is 1. The third kappa shape index (κ3) is 8.01. The number of amides is 2. The van der Waals surface area contributed by atoms with Gasteiger partial charge in [-0.3, -0.25) is 4.79 Å². The van der Waals surface area contributed by atoms with Crippen molar-refractivity contribution in [1.82, 2.24) is 10.6 Å². The second-order valence-electron chi connectivity index (χ2n) is 7.91. The first-order chi connectivity index (χ1) is 12.0. The van der Waals surface area contributed by atoms with Gasteiger partial charge in [-0.15, -0.1) is 0 Å². The maximum Gasteiger partial charge on any atom is 0.407 e. The quantitative estimate of drug-likeness (QED) is 0.677. The zero-order valence-corrected chi connectivity index (χ0v) is 17.7. The summed E-state index contributed by atoms with van der Waals surface area (Å²) in [5, 5.41) is 5.34. The molecule has 0 radical (unpaired) electrons. The molecule has 0 spiro atoms. The summed E-state index contributed by atoms with van der Waals surface area (Å²) in [4.78, 5) is 23.5. The molecule has 2 N–H and O–H groups in total. The molecule has 0 bridgehead atoms. The van der Waals surface area contributed by atoms with Crippen LogP contribution in [0.5, 0.6) is 0 Å². The lowest BCUT2D eigenvalue weighted by molar-refractivity contribution is -0.120. The normalized spacial score (nSPS) is 13.0. The average Bonchev–Trinajstić information content (AvgIpc) is 2.55. The van der Waals surface area contributed by atoms with E-state index in [2.05, 4.69) is 44.5 Å². The molecule has 0 saturated carbocycles. The predicted octanol–water partition coefficient (Wildman–Crippen LogP) is 3.44. The van der Waals surface area contributed by atoms with E-state index in [4.69, 9.17) is 9.16 Å². The Morgan fingerprint density at radius 2 is 1.73 bits per heavy atom. The van der Waals surface area contributed by atoms with Crippen LogP contribution in [0.15, 0.2) is 30.3 Å². The molecule has 0 unspecified atom stereocenters. The number of carbonyl (C=O) groups is 2. The molecular weight excluding hydrogens is 348 g/mol. The molecule has 6 nitrogen and oxygen atoms in total. The Bertz CT molecular complexity index is 585. The number of nitrogens with one attached hydrogen (secondary N) is 2. The van der Waals surface area contributed by atoms with E-state index in [1.165, 1.54) is 0 Å².